The number of rotatable bonds is 5. The number of carbonyl (C=O) groups is 1. The zero-order valence-electron chi connectivity index (χ0n) is 12.7. The maximum atomic E-state index is 11.6. The van der Waals surface area contributed by atoms with Gasteiger partial charge in [0, 0.05) is 25.2 Å². The number of alkyl carbamates (subject to hydrolysis) is 1. The van der Waals surface area contributed by atoms with Crippen LogP contribution in [0.4, 0.5) is 4.79 Å². The second kappa shape index (κ2) is 7.10. The quantitative estimate of drug-likeness (QED) is 0.710. The number of hydrogen-bond donors (Lipinski definition) is 3. The first kappa shape index (κ1) is 16.2. The van der Waals surface area contributed by atoms with Crippen molar-refractivity contribution in [1.82, 2.24) is 10.6 Å². The fraction of sp³-hybridized carbons (Fsp3) is 0.929. The van der Waals surface area contributed by atoms with E-state index in [4.69, 9.17) is 10.5 Å². The van der Waals surface area contributed by atoms with Crippen LogP contribution < -0.4 is 16.4 Å². The molecule has 3 unspecified atom stereocenters. The van der Waals surface area contributed by atoms with Crippen LogP contribution in [0.1, 0.15) is 47.0 Å². The van der Waals surface area contributed by atoms with Crippen molar-refractivity contribution in [3.05, 3.63) is 0 Å². The van der Waals surface area contributed by atoms with Crippen molar-refractivity contribution in [1.29, 1.82) is 0 Å². The van der Waals surface area contributed by atoms with Gasteiger partial charge >= 0.3 is 6.09 Å². The van der Waals surface area contributed by atoms with Crippen LogP contribution in [0.3, 0.4) is 0 Å². The third-order valence-corrected chi connectivity index (χ3v) is 3.42. The largest absolute Gasteiger partial charge is 0.444 e. The molecule has 112 valence electrons. The lowest BCUT2D eigenvalue weighted by molar-refractivity contribution is 0.0517. The van der Waals surface area contributed by atoms with E-state index in [0.29, 0.717) is 31.1 Å². The molecule has 0 aromatic heterocycles. The molecule has 19 heavy (non-hydrogen) atoms. The predicted octanol–water partition coefficient (Wildman–Crippen LogP) is 1.62. The van der Waals surface area contributed by atoms with Gasteiger partial charge in [0.15, 0.2) is 0 Å². The lowest BCUT2D eigenvalue weighted by Crippen LogP contribution is -2.46. The Kier molecular flexibility index (Phi) is 6.07. The molecule has 1 amide bonds. The molecule has 1 aliphatic carbocycles. The zero-order valence-corrected chi connectivity index (χ0v) is 12.7. The molecule has 3 atom stereocenters. The summed E-state index contributed by atoms with van der Waals surface area (Å²) in [7, 11) is 0. The Morgan fingerprint density at radius 1 is 1.42 bits per heavy atom. The smallest absolute Gasteiger partial charge is 0.407 e. The normalized spacial score (nSPS) is 25.1. The molecular weight excluding hydrogens is 242 g/mol. The van der Waals surface area contributed by atoms with Crippen LogP contribution in [0.25, 0.3) is 0 Å². The summed E-state index contributed by atoms with van der Waals surface area (Å²) in [4.78, 5) is 11.6. The Morgan fingerprint density at radius 2 is 2.11 bits per heavy atom. The first-order valence-corrected chi connectivity index (χ1v) is 7.25. The lowest BCUT2D eigenvalue weighted by Gasteiger charge is -2.25. The number of ether oxygens (including phenoxy) is 1. The molecule has 0 saturated heterocycles. The topological polar surface area (TPSA) is 76.4 Å². The van der Waals surface area contributed by atoms with Crippen molar-refractivity contribution in [2.75, 3.05) is 13.1 Å². The van der Waals surface area contributed by atoms with E-state index in [1.54, 1.807) is 0 Å². The van der Waals surface area contributed by atoms with E-state index in [9.17, 15) is 4.79 Å². The molecule has 0 spiro atoms. The van der Waals surface area contributed by atoms with Crippen molar-refractivity contribution in [3.8, 4) is 0 Å². The van der Waals surface area contributed by atoms with Gasteiger partial charge < -0.3 is 21.1 Å². The fourth-order valence-electron chi connectivity index (χ4n) is 2.46. The Morgan fingerprint density at radius 3 is 2.68 bits per heavy atom. The van der Waals surface area contributed by atoms with E-state index in [-0.39, 0.29) is 6.09 Å². The summed E-state index contributed by atoms with van der Waals surface area (Å²) in [6.07, 6.45) is 3.18. The van der Waals surface area contributed by atoms with E-state index in [2.05, 4.69) is 17.6 Å². The maximum absolute atomic E-state index is 11.6. The van der Waals surface area contributed by atoms with Crippen LogP contribution in [0.15, 0.2) is 0 Å². The lowest BCUT2D eigenvalue weighted by atomic mass is 10.0. The second-order valence-corrected chi connectivity index (χ2v) is 6.48. The molecule has 0 heterocycles. The summed E-state index contributed by atoms with van der Waals surface area (Å²) in [5.74, 6) is 0.474. The van der Waals surface area contributed by atoms with Crippen LogP contribution in [-0.2, 0) is 4.74 Å². The van der Waals surface area contributed by atoms with Crippen molar-refractivity contribution >= 4 is 6.09 Å². The first-order valence-electron chi connectivity index (χ1n) is 7.25. The van der Waals surface area contributed by atoms with Gasteiger partial charge in [0.2, 0.25) is 0 Å². The average molecular weight is 271 g/mol. The summed E-state index contributed by atoms with van der Waals surface area (Å²) in [5, 5.41) is 6.40. The van der Waals surface area contributed by atoms with Crippen molar-refractivity contribution in [2.24, 2.45) is 11.7 Å². The fourth-order valence-corrected chi connectivity index (χ4v) is 2.46. The van der Waals surface area contributed by atoms with Crippen LogP contribution in [0, 0.1) is 5.92 Å². The number of carbonyl (C=O) groups excluding carboxylic acids is 1. The van der Waals surface area contributed by atoms with Crippen LogP contribution >= 0.6 is 0 Å². The van der Waals surface area contributed by atoms with Crippen LogP contribution in [0.5, 0.6) is 0 Å². The number of nitrogens with two attached hydrogens (primary N) is 1. The minimum absolute atomic E-state index is 0.326. The molecule has 5 heteroatoms. The van der Waals surface area contributed by atoms with E-state index >= 15 is 0 Å². The predicted molar refractivity (Wildman–Crippen MR) is 77.0 cm³/mol. The van der Waals surface area contributed by atoms with Gasteiger partial charge in [-0.1, -0.05) is 6.42 Å². The standard InChI is InChI=1S/C14H29N3O2/c1-10(8-15)17-12-7-5-6-11(12)9-16-13(18)19-14(2,3)4/h10-12,17H,5-9,15H2,1-4H3,(H,16,18). The van der Waals surface area contributed by atoms with E-state index in [1.807, 2.05) is 20.8 Å². The van der Waals surface area contributed by atoms with Gasteiger partial charge in [-0.05, 0) is 46.5 Å². The molecular formula is C14H29N3O2. The van der Waals surface area contributed by atoms with Gasteiger partial charge in [0.1, 0.15) is 5.60 Å². The first-order chi connectivity index (χ1) is 8.81. The minimum atomic E-state index is -0.439. The molecule has 1 rings (SSSR count). The van der Waals surface area contributed by atoms with E-state index in [0.717, 1.165) is 12.8 Å². The highest BCUT2D eigenvalue weighted by Gasteiger charge is 2.28. The molecule has 5 nitrogen and oxygen atoms in total. The van der Waals surface area contributed by atoms with Crippen molar-refractivity contribution < 1.29 is 9.53 Å². The number of nitrogens with one attached hydrogen (secondary N) is 2. The van der Waals surface area contributed by atoms with Gasteiger partial charge in [0.05, 0.1) is 0 Å². The Labute approximate surface area is 116 Å². The SMILES string of the molecule is CC(CN)NC1CCCC1CNC(=O)OC(C)(C)C. The van der Waals surface area contributed by atoms with Gasteiger partial charge in [-0.25, -0.2) is 4.79 Å². The highest BCUT2D eigenvalue weighted by Crippen LogP contribution is 2.25. The second-order valence-electron chi connectivity index (χ2n) is 6.48. The Hall–Kier alpha value is -0.810. The minimum Gasteiger partial charge on any atom is -0.444 e. The van der Waals surface area contributed by atoms with E-state index < -0.39 is 5.60 Å². The molecule has 1 saturated carbocycles. The highest BCUT2D eigenvalue weighted by molar-refractivity contribution is 5.67. The molecule has 1 aliphatic rings. The third kappa shape index (κ3) is 6.25. The van der Waals surface area contributed by atoms with Crippen LogP contribution in [0.2, 0.25) is 0 Å². The van der Waals surface area contributed by atoms with Crippen molar-refractivity contribution in [2.45, 2.75) is 64.6 Å². The molecule has 4 N–H and O–H groups in total. The molecule has 0 aromatic rings. The zero-order chi connectivity index (χ0) is 14.5. The van der Waals surface area contributed by atoms with Gasteiger partial charge in [-0.3, -0.25) is 0 Å². The highest BCUT2D eigenvalue weighted by atomic mass is 16.6. The summed E-state index contributed by atoms with van der Waals surface area (Å²) in [6.45, 7) is 9.02. The summed E-state index contributed by atoms with van der Waals surface area (Å²) >= 11 is 0. The molecule has 0 aromatic carbocycles. The third-order valence-electron chi connectivity index (χ3n) is 3.42. The molecule has 0 bridgehead atoms. The van der Waals surface area contributed by atoms with Crippen LogP contribution in [-0.4, -0.2) is 36.9 Å². The van der Waals surface area contributed by atoms with E-state index in [1.165, 1.54) is 6.42 Å². The Bertz CT molecular complexity index is 289. The van der Waals surface area contributed by atoms with Gasteiger partial charge in [0.25, 0.3) is 0 Å². The van der Waals surface area contributed by atoms with Crippen molar-refractivity contribution in [3.63, 3.8) is 0 Å². The molecule has 0 radical (unpaired) electrons. The summed E-state index contributed by atoms with van der Waals surface area (Å²) < 4.78 is 5.24. The molecule has 1 fully saturated rings. The summed E-state index contributed by atoms with van der Waals surface area (Å²) in [6, 6.07) is 0.778. The number of amides is 1. The van der Waals surface area contributed by atoms with Gasteiger partial charge in [-0.15, -0.1) is 0 Å². The Balaban J connectivity index is 2.33. The monoisotopic (exact) mass is 271 g/mol. The summed E-state index contributed by atoms with van der Waals surface area (Å²) in [5.41, 5.74) is 5.20. The molecule has 0 aliphatic heterocycles. The van der Waals surface area contributed by atoms with Gasteiger partial charge in [-0.2, -0.15) is 0 Å². The number of hydrogen-bond acceptors (Lipinski definition) is 4. The average Bonchev–Trinajstić information content (AvgIpc) is 2.71. The maximum Gasteiger partial charge on any atom is 0.407 e.